The molecule has 29 heavy (non-hydrogen) atoms. The molecule has 0 bridgehead atoms. The summed E-state index contributed by atoms with van der Waals surface area (Å²) in [5, 5.41) is 0. The van der Waals surface area contributed by atoms with Crippen LogP contribution in [0.5, 0.6) is 0 Å². The Balaban J connectivity index is 1.07. The molecule has 0 spiro atoms. The van der Waals surface area contributed by atoms with E-state index in [4.69, 9.17) is 23.7 Å². The minimum Gasteiger partial charge on any atom is -0.465 e. The highest BCUT2D eigenvalue weighted by molar-refractivity contribution is 6.00. The molecule has 0 N–H and O–H groups in total. The van der Waals surface area contributed by atoms with Crippen LogP contribution in [0.1, 0.15) is 57.8 Å². The minimum absolute atomic E-state index is 0.00513. The fourth-order valence-electron chi connectivity index (χ4n) is 5.84. The molecule has 7 heteroatoms. The zero-order chi connectivity index (χ0) is 19.6. The van der Waals surface area contributed by atoms with Crippen LogP contribution in [0.25, 0.3) is 0 Å². The molecular weight excluding hydrogens is 376 g/mol. The van der Waals surface area contributed by atoms with Gasteiger partial charge in [0.05, 0.1) is 49.8 Å². The average molecular weight is 406 g/mol. The van der Waals surface area contributed by atoms with E-state index >= 15 is 0 Å². The minimum atomic E-state index is -1.20. The molecule has 160 valence electrons. The van der Waals surface area contributed by atoms with Crippen LogP contribution in [0.15, 0.2) is 0 Å². The molecular formula is C22H30O7. The third kappa shape index (κ3) is 3.59. The molecule has 0 aromatic heterocycles. The number of fused-ring (bicyclic) bond motifs is 3. The van der Waals surface area contributed by atoms with E-state index in [1.165, 1.54) is 0 Å². The molecule has 6 fully saturated rings. The normalized spacial score (nSPS) is 49.1. The van der Waals surface area contributed by atoms with Crippen molar-refractivity contribution in [2.75, 3.05) is 13.2 Å². The lowest BCUT2D eigenvalue weighted by molar-refractivity contribution is -0.176. The van der Waals surface area contributed by atoms with Crippen molar-refractivity contribution in [2.45, 2.75) is 94.4 Å². The maximum absolute atomic E-state index is 13.1. The van der Waals surface area contributed by atoms with Gasteiger partial charge in [-0.2, -0.15) is 0 Å². The van der Waals surface area contributed by atoms with Crippen LogP contribution in [-0.4, -0.2) is 61.8 Å². The molecule has 0 aromatic carbocycles. The van der Waals surface area contributed by atoms with Crippen molar-refractivity contribution in [3.05, 3.63) is 0 Å². The monoisotopic (exact) mass is 406 g/mol. The van der Waals surface area contributed by atoms with Gasteiger partial charge in [-0.3, -0.25) is 9.59 Å². The molecule has 7 nitrogen and oxygen atoms in total. The molecule has 3 saturated carbocycles. The van der Waals surface area contributed by atoms with Gasteiger partial charge in [-0.15, -0.1) is 0 Å². The predicted octanol–water partition coefficient (Wildman–Crippen LogP) is 2.15. The van der Waals surface area contributed by atoms with E-state index in [1.807, 2.05) is 0 Å². The molecule has 0 radical (unpaired) electrons. The van der Waals surface area contributed by atoms with Gasteiger partial charge in [-0.25, -0.2) is 0 Å². The van der Waals surface area contributed by atoms with Crippen molar-refractivity contribution >= 4 is 11.9 Å². The summed E-state index contributed by atoms with van der Waals surface area (Å²) in [4.78, 5) is 26.3. The first kappa shape index (κ1) is 18.6. The second-order valence-electron chi connectivity index (χ2n) is 10.0. The zero-order valence-electron chi connectivity index (χ0n) is 16.8. The average Bonchev–Trinajstić information content (AvgIpc) is 3.60. The van der Waals surface area contributed by atoms with Crippen molar-refractivity contribution in [1.82, 2.24) is 0 Å². The maximum atomic E-state index is 13.1. The second kappa shape index (κ2) is 6.92. The van der Waals surface area contributed by atoms with Crippen molar-refractivity contribution in [1.29, 1.82) is 0 Å². The van der Waals surface area contributed by atoms with E-state index in [1.54, 1.807) is 0 Å². The topological polar surface area (TPSA) is 90.2 Å². The Bertz CT molecular complexity index is 649. The van der Waals surface area contributed by atoms with E-state index in [2.05, 4.69) is 0 Å². The largest absolute Gasteiger partial charge is 0.465 e. The van der Waals surface area contributed by atoms with E-state index < -0.39 is 17.4 Å². The van der Waals surface area contributed by atoms with Gasteiger partial charge in [-0.1, -0.05) is 0 Å². The first-order valence-electron chi connectivity index (χ1n) is 11.4. The van der Waals surface area contributed by atoms with Gasteiger partial charge in [0, 0.05) is 6.42 Å². The van der Waals surface area contributed by atoms with Crippen LogP contribution in [-0.2, 0) is 33.3 Å². The summed E-state index contributed by atoms with van der Waals surface area (Å²) in [5.74, 6) is -0.162. The van der Waals surface area contributed by atoms with Crippen LogP contribution in [0, 0.1) is 17.3 Å². The van der Waals surface area contributed by atoms with Gasteiger partial charge in [0.15, 0.2) is 5.41 Å². The number of epoxide rings is 3. The Kier molecular flexibility index (Phi) is 4.44. The molecule has 6 rings (SSSR count). The van der Waals surface area contributed by atoms with Gasteiger partial charge in [0.2, 0.25) is 0 Å². The van der Waals surface area contributed by atoms with E-state index in [-0.39, 0.29) is 12.2 Å². The molecule has 0 aromatic rings. The highest BCUT2D eigenvalue weighted by Gasteiger charge is 2.60. The molecule has 8 atom stereocenters. The van der Waals surface area contributed by atoms with E-state index in [9.17, 15) is 9.59 Å². The third-order valence-electron chi connectivity index (χ3n) is 8.00. The molecule has 8 unspecified atom stereocenters. The van der Waals surface area contributed by atoms with Crippen LogP contribution < -0.4 is 0 Å². The van der Waals surface area contributed by atoms with Gasteiger partial charge in [-0.05, 0) is 63.2 Å². The smallest absolute Gasteiger partial charge is 0.323 e. The lowest BCUT2D eigenvalue weighted by atomic mass is 9.74. The second-order valence-corrected chi connectivity index (χ2v) is 10.0. The number of hydrogen-bond donors (Lipinski definition) is 0. The summed E-state index contributed by atoms with van der Waals surface area (Å²) < 4.78 is 28.2. The van der Waals surface area contributed by atoms with Crippen LogP contribution in [0.4, 0.5) is 0 Å². The number of esters is 2. The Morgan fingerprint density at radius 2 is 1.21 bits per heavy atom. The SMILES string of the molecule is O=C(OCC1CCC2OC2C1)C1(C(=O)OCC2CCC3OC3C2)CCC2OC2C1. The molecule has 3 aliphatic carbocycles. The highest BCUT2D eigenvalue weighted by atomic mass is 16.6. The Morgan fingerprint density at radius 1 is 0.690 bits per heavy atom. The summed E-state index contributed by atoms with van der Waals surface area (Å²) in [6, 6.07) is 0. The highest BCUT2D eigenvalue weighted by Crippen LogP contribution is 2.48. The van der Waals surface area contributed by atoms with Crippen LogP contribution in [0.3, 0.4) is 0 Å². The van der Waals surface area contributed by atoms with E-state index in [0.717, 1.165) is 44.9 Å². The summed E-state index contributed by atoms with van der Waals surface area (Å²) in [6.45, 7) is 0.747. The van der Waals surface area contributed by atoms with Gasteiger partial charge in [0.25, 0.3) is 0 Å². The van der Waals surface area contributed by atoms with Gasteiger partial charge < -0.3 is 23.7 Å². The number of hydrogen-bond acceptors (Lipinski definition) is 7. The quantitative estimate of drug-likeness (QED) is 0.379. The van der Waals surface area contributed by atoms with Gasteiger partial charge >= 0.3 is 11.9 Å². The molecule has 6 aliphatic rings. The fraction of sp³-hybridized carbons (Fsp3) is 0.909. The number of ether oxygens (including phenoxy) is 5. The molecule has 3 heterocycles. The lowest BCUT2D eigenvalue weighted by Crippen LogP contribution is -2.46. The third-order valence-corrected chi connectivity index (χ3v) is 8.00. The standard InChI is InChI=1S/C22H30O7/c23-20(25-10-12-1-3-14-17(7-12)27-14)22(6-5-16-19(9-22)29-16)21(24)26-11-13-2-4-15-18(8-13)28-15/h12-19H,1-11H2. The molecule has 3 aliphatic heterocycles. The molecule has 3 saturated heterocycles. The van der Waals surface area contributed by atoms with Gasteiger partial charge in [0.1, 0.15) is 0 Å². The molecule has 0 amide bonds. The van der Waals surface area contributed by atoms with Crippen molar-refractivity contribution in [3.63, 3.8) is 0 Å². The fourth-order valence-corrected chi connectivity index (χ4v) is 5.84. The summed E-state index contributed by atoms with van der Waals surface area (Å²) in [7, 11) is 0. The first-order chi connectivity index (χ1) is 14.1. The lowest BCUT2D eigenvalue weighted by Gasteiger charge is -2.32. The number of rotatable bonds is 6. The van der Waals surface area contributed by atoms with Crippen molar-refractivity contribution in [2.24, 2.45) is 17.3 Å². The Labute approximate surface area is 170 Å². The maximum Gasteiger partial charge on any atom is 0.323 e. The van der Waals surface area contributed by atoms with Crippen LogP contribution in [0.2, 0.25) is 0 Å². The Hall–Kier alpha value is -1.18. The summed E-state index contributed by atoms with van der Waals surface area (Å²) in [5.41, 5.74) is -1.20. The van der Waals surface area contributed by atoms with Crippen LogP contribution >= 0.6 is 0 Å². The zero-order valence-corrected chi connectivity index (χ0v) is 16.8. The first-order valence-corrected chi connectivity index (χ1v) is 11.4. The van der Waals surface area contributed by atoms with Crippen molar-refractivity contribution < 1.29 is 33.3 Å². The van der Waals surface area contributed by atoms with E-state index in [0.29, 0.717) is 62.3 Å². The van der Waals surface area contributed by atoms with Crippen molar-refractivity contribution in [3.8, 4) is 0 Å². The predicted molar refractivity (Wildman–Crippen MR) is 98.9 cm³/mol. The Morgan fingerprint density at radius 3 is 1.72 bits per heavy atom. The number of carbonyl (C=O) groups excluding carboxylic acids is 2. The summed E-state index contributed by atoms with van der Waals surface area (Å²) in [6.07, 6.45) is 9.38. The number of carbonyl (C=O) groups is 2. The summed E-state index contributed by atoms with van der Waals surface area (Å²) >= 11 is 0.